The number of aromatic nitrogens is 1. The number of hydrogen-bond donors (Lipinski definition) is 2. The number of nitrogens with one attached hydrogen (secondary N) is 2. The van der Waals surface area contributed by atoms with Crippen LogP contribution in [-0.4, -0.2) is 39.9 Å². The van der Waals surface area contributed by atoms with Crippen molar-refractivity contribution in [2.24, 2.45) is 0 Å². The highest BCUT2D eigenvalue weighted by Crippen LogP contribution is 2.28. The fourth-order valence-electron chi connectivity index (χ4n) is 1.96. The molecule has 0 bridgehead atoms. The van der Waals surface area contributed by atoms with Gasteiger partial charge in [0.1, 0.15) is 6.04 Å². The Hall–Kier alpha value is -1.08. The Morgan fingerprint density at radius 2 is 2.33 bits per heavy atom. The lowest BCUT2D eigenvalue weighted by Crippen LogP contribution is -2.57. The average Bonchev–Trinajstić information content (AvgIpc) is 2.83. The van der Waals surface area contributed by atoms with Gasteiger partial charge in [0.25, 0.3) is 0 Å². The molecule has 0 unspecified atom stereocenters. The van der Waals surface area contributed by atoms with Crippen molar-refractivity contribution in [1.29, 1.82) is 0 Å². The Morgan fingerprint density at radius 3 is 2.95 bits per heavy atom. The maximum Gasteiger partial charge on any atom is 0.243 e. The molecule has 2 amide bonds. The van der Waals surface area contributed by atoms with Gasteiger partial charge in [-0.05, 0) is 27.2 Å². The molecule has 116 valence electrons. The molecule has 1 saturated heterocycles. The molecular formula is C14H21N3O2S2. The van der Waals surface area contributed by atoms with E-state index in [1.165, 1.54) is 11.8 Å². The van der Waals surface area contributed by atoms with Gasteiger partial charge in [-0.25, -0.2) is 4.98 Å². The first-order valence-corrected chi connectivity index (χ1v) is 8.88. The van der Waals surface area contributed by atoms with E-state index in [1.54, 1.807) is 11.3 Å². The van der Waals surface area contributed by atoms with Crippen LogP contribution in [0.15, 0.2) is 5.38 Å². The van der Waals surface area contributed by atoms with Crippen LogP contribution < -0.4 is 10.6 Å². The molecule has 1 fully saturated rings. The Bertz CT molecular complexity index is 528. The molecule has 1 aliphatic rings. The minimum atomic E-state index is -0.445. The first-order chi connectivity index (χ1) is 9.88. The molecule has 2 N–H and O–H groups in total. The van der Waals surface area contributed by atoms with Crippen LogP contribution in [-0.2, 0) is 16.0 Å². The van der Waals surface area contributed by atoms with Crippen LogP contribution >= 0.6 is 23.1 Å². The van der Waals surface area contributed by atoms with Gasteiger partial charge in [0.2, 0.25) is 11.8 Å². The van der Waals surface area contributed by atoms with Gasteiger partial charge in [0, 0.05) is 29.8 Å². The summed E-state index contributed by atoms with van der Waals surface area (Å²) in [6.07, 6.45) is 1.73. The predicted molar refractivity (Wildman–Crippen MR) is 86.6 cm³/mol. The Balaban J connectivity index is 1.69. The zero-order valence-electron chi connectivity index (χ0n) is 12.6. The lowest BCUT2D eigenvalue weighted by molar-refractivity contribution is -0.129. The molecule has 0 radical (unpaired) electrons. The van der Waals surface area contributed by atoms with E-state index in [9.17, 15) is 9.59 Å². The largest absolute Gasteiger partial charge is 0.354 e. The molecule has 5 nitrogen and oxygen atoms in total. The number of rotatable bonds is 5. The summed E-state index contributed by atoms with van der Waals surface area (Å²) < 4.78 is -0.445. The summed E-state index contributed by atoms with van der Waals surface area (Å²) in [5.74, 6) is 0.454. The van der Waals surface area contributed by atoms with E-state index in [2.05, 4.69) is 15.6 Å². The molecule has 21 heavy (non-hydrogen) atoms. The minimum Gasteiger partial charge on any atom is -0.354 e. The first kappa shape index (κ1) is 16.3. The number of thiazole rings is 1. The maximum atomic E-state index is 12.0. The quantitative estimate of drug-likeness (QED) is 0.804. The van der Waals surface area contributed by atoms with Crippen LogP contribution in [0.3, 0.4) is 0 Å². The second-order valence-corrected chi connectivity index (χ2v) is 8.21. The maximum absolute atomic E-state index is 12.0. The van der Waals surface area contributed by atoms with E-state index in [0.717, 1.165) is 23.5 Å². The average molecular weight is 327 g/mol. The number of hydrogen-bond acceptors (Lipinski definition) is 5. The van der Waals surface area contributed by atoms with E-state index in [1.807, 2.05) is 26.2 Å². The van der Waals surface area contributed by atoms with Gasteiger partial charge in [-0.3, -0.25) is 9.59 Å². The molecule has 2 rings (SSSR count). The molecule has 0 saturated carbocycles. The zero-order chi connectivity index (χ0) is 15.5. The lowest BCUT2D eigenvalue weighted by atomic mass is 10.1. The van der Waals surface area contributed by atoms with Crippen molar-refractivity contribution >= 4 is 34.9 Å². The van der Waals surface area contributed by atoms with Crippen LogP contribution in [0.5, 0.6) is 0 Å². The Labute approximate surface area is 133 Å². The van der Waals surface area contributed by atoms with Crippen molar-refractivity contribution in [3.8, 4) is 0 Å². The molecule has 1 aliphatic heterocycles. The van der Waals surface area contributed by atoms with Gasteiger partial charge in [0.15, 0.2) is 0 Å². The molecule has 1 aromatic heterocycles. The van der Waals surface area contributed by atoms with Crippen molar-refractivity contribution in [1.82, 2.24) is 15.6 Å². The van der Waals surface area contributed by atoms with Crippen molar-refractivity contribution in [3.63, 3.8) is 0 Å². The van der Waals surface area contributed by atoms with Crippen LogP contribution in [0, 0.1) is 6.92 Å². The van der Waals surface area contributed by atoms with Gasteiger partial charge in [-0.1, -0.05) is 0 Å². The Kier molecular flexibility index (Phi) is 5.27. The highest BCUT2D eigenvalue weighted by Gasteiger charge is 2.37. The third-order valence-electron chi connectivity index (χ3n) is 3.31. The summed E-state index contributed by atoms with van der Waals surface area (Å²) in [5.41, 5.74) is 1.04. The monoisotopic (exact) mass is 327 g/mol. The SMILES string of the molecule is Cc1csc(CCCNC(=O)[C@@H]2CSC(C)(C)C(=O)N2)n1. The third-order valence-corrected chi connectivity index (χ3v) is 5.75. The van der Waals surface area contributed by atoms with Crippen molar-refractivity contribution < 1.29 is 9.59 Å². The molecule has 7 heteroatoms. The number of amides is 2. The number of carbonyl (C=O) groups is 2. The first-order valence-electron chi connectivity index (χ1n) is 7.02. The standard InChI is InChI=1S/C14H21N3O2S2/c1-9-7-20-11(16-9)5-4-6-15-12(18)10-8-21-14(2,3)13(19)17-10/h7,10H,4-6,8H2,1-3H3,(H,15,18)(H,17,19)/t10-/m0/s1. The number of nitrogens with zero attached hydrogens (tertiary/aromatic N) is 1. The summed E-state index contributed by atoms with van der Waals surface area (Å²) in [6.45, 7) is 6.33. The van der Waals surface area contributed by atoms with E-state index in [4.69, 9.17) is 0 Å². The summed E-state index contributed by atoms with van der Waals surface area (Å²) in [5, 5.41) is 8.81. The van der Waals surface area contributed by atoms with Gasteiger partial charge >= 0.3 is 0 Å². The van der Waals surface area contributed by atoms with E-state index >= 15 is 0 Å². The normalized spacial score (nSPS) is 20.9. The van der Waals surface area contributed by atoms with E-state index in [0.29, 0.717) is 12.3 Å². The van der Waals surface area contributed by atoms with E-state index in [-0.39, 0.29) is 11.8 Å². The molecule has 1 atom stereocenters. The van der Waals surface area contributed by atoms with Gasteiger partial charge in [-0.15, -0.1) is 23.1 Å². The molecule has 0 aromatic carbocycles. The second kappa shape index (κ2) is 6.79. The highest BCUT2D eigenvalue weighted by molar-refractivity contribution is 8.01. The number of carbonyl (C=O) groups excluding carboxylic acids is 2. The minimum absolute atomic E-state index is 0.0721. The fourth-order valence-corrected chi connectivity index (χ4v) is 3.79. The zero-order valence-corrected chi connectivity index (χ0v) is 14.2. The van der Waals surface area contributed by atoms with Gasteiger partial charge < -0.3 is 10.6 Å². The van der Waals surface area contributed by atoms with Crippen LogP contribution in [0.4, 0.5) is 0 Å². The second-order valence-electron chi connectivity index (χ2n) is 5.62. The van der Waals surface area contributed by atoms with Crippen molar-refractivity contribution in [2.75, 3.05) is 12.3 Å². The van der Waals surface area contributed by atoms with Crippen LogP contribution in [0.25, 0.3) is 0 Å². The molecule has 0 aliphatic carbocycles. The smallest absolute Gasteiger partial charge is 0.243 e. The third kappa shape index (κ3) is 4.44. The summed E-state index contributed by atoms with van der Waals surface area (Å²) in [7, 11) is 0. The molecule has 2 heterocycles. The Morgan fingerprint density at radius 1 is 1.57 bits per heavy atom. The van der Waals surface area contributed by atoms with Crippen LogP contribution in [0.1, 0.15) is 31.0 Å². The summed E-state index contributed by atoms with van der Waals surface area (Å²) >= 11 is 3.17. The lowest BCUT2D eigenvalue weighted by Gasteiger charge is -2.32. The predicted octanol–water partition coefficient (Wildman–Crippen LogP) is 1.51. The van der Waals surface area contributed by atoms with E-state index < -0.39 is 10.8 Å². The van der Waals surface area contributed by atoms with Gasteiger partial charge in [0.05, 0.1) is 9.75 Å². The summed E-state index contributed by atoms with van der Waals surface area (Å²) in [4.78, 5) is 28.2. The topological polar surface area (TPSA) is 71.1 Å². The van der Waals surface area contributed by atoms with Gasteiger partial charge in [-0.2, -0.15) is 0 Å². The molecular weight excluding hydrogens is 306 g/mol. The fraction of sp³-hybridized carbons (Fsp3) is 0.643. The highest BCUT2D eigenvalue weighted by atomic mass is 32.2. The summed E-state index contributed by atoms with van der Waals surface area (Å²) in [6, 6.07) is -0.419. The molecule has 1 aromatic rings. The number of aryl methyl sites for hydroxylation is 2. The molecule has 0 spiro atoms. The van der Waals surface area contributed by atoms with Crippen LogP contribution in [0.2, 0.25) is 0 Å². The van der Waals surface area contributed by atoms with Crippen molar-refractivity contribution in [2.45, 2.75) is 44.4 Å². The van der Waals surface area contributed by atoms with Crippen molar-refractivity contribution in [3.05, 3.63) is 16.1 Å². The number of thioether (sulfide) groups is 1.